The van der Waals surface area contributed by atoms with Gasteiger partial charge in [0.25, 0.3) is 5.69 Å². The molecule has 0 saturated carbocycles. The fourth-order valence-corrected chi connectivity index (χ4v) is 2.68. The van der Waals surface area contributed by atoms with Crippen LogP contribution in [0.2, 0.25) is 0 Å². The number of carbonyl (C=O) groups is 1. The molecule has 3 aromatic rings. The van der Waals surface area contributed by atoms with Gasteiger partial charge in [0.15, 0.2) is 0 Å². The van der Waals surface area contributed by atoms with Crippen LogP contribution >= 0.6 is 0 Å². The number of non-ortho nitro benzene ring substituents is 1. The molecule has 0 aliphatic rings. The van der Waals surface area contributed by atoms with Crippen LogP contribution in [0.1, 0.15) is 22.8 Å². The van der Waals surface area contributed by atoms with Crippen molar-refractivity contribution in [1.29, 1.82) is 0 Å². The molecule has 0 fully saturated rings. The maximum Gasteiger partial charge on any atom is 0.340 e. The number of nitro benzene ring substituents is 1. The highest BCUT2D eigenvalue weighted by molar-refractivity contribution is 6.05. The quantitative estimate of drug-likeness (QED) is 0.407. The van der Waals surface area contributed by atoms with Gasteiger partial charge in [0.05, 0.1) is 17.1 Å². The zero-order chi connectivity index (χ0) is 17.1. The van der Waals surface area contributed by atoms with Crippen molar-refractivity contribution < 1.29 is 14.5 Å². The van der Waals surface area contributed by atoms with Crippen molar-refractivity contribution in [3.63, 3.8) is 0 Å². The summed E-state index contributed by atoms with van der Waals surface area (Å²) in [7, 11) is 0. The lowest BCUT2D eigenvalue weighted by Gasteiger charge is -2.05. The molecule has 0 bridgehead atoms. The number of nitro groups is 1. The summed E-state index contributed by atoms with van der Waals surface area (Å²) < 4.78 is 6.98. The lowest BCUT2D eigenvalue weighted by Crippen LogP contribution is -2.04. The highest BCUT2D eigenvalue weighted by atomic mass is 16.6. The van der Waals surface area contributed by atoms with Crippen molar-refractivity contribution in [1.82, 2.24) is 4.57 Å². The molecule has 0 atom stereocenters. The first kappa shape index (κ1) is 15.7. The highest BCUT2D eigenvalue weighted by Crippen LogP contribution is 2.27. The van der Waals surface area contributed by atoms with Crippen LogP contribution in [0, 0.1) is 10.1 Å². The minimum Gasteiger partial charge on any atom is -0.462 e. The van der Waals surface area contributed by atoms with Crippen LogP contribution in [0.5, 0.6) is 0 Å². The van der Waals surface area contributed by atoms with E-state index in [9.17, 15) is 14.9 Å². The molecular formula is C18H16N2O4. The van der Waals surface area contributed by atoms with Gasteiger partial charge in [-0.3, -0.25) is 10.1 Å². The van der Waals surface area contributed by atoms with Crippen LogP contribution in [0.15, 0.2) is 54.7 Å². The van der Waals surface area contributed by atoms with Crippen LogP contribution < -0.4 is 0 Å². The van der Waals surface area contributed by atoms with Crippen molar-refractivity contribution in [2.45, 2.75) is 13.5 Å². The van der Waals surface area contributed by atoms with Crippen LogP contribution in [0.4, 0.5) is 5.69 Å². The second kappa shape index (κ2) is 6.54. The van der Waals surface area contributed by atoms with Gasteiger partial charge in [-0.1, -0.05) is 30.3 Å². The molecule has 0 saturated heterocycles. The molecule has 0 aliphatic heterocycles. The SMILES string of the molecule is CCOC(=O)c1cn(Cc2ccccc2)c2ccc([N+](=O)[O-])cc12. The minimum absolute atomic E-state index is 0.0505. The Balaban J connectivity index is 2.12. The van der Waals surface area contributed by atoms with E-state index < -0.39 is 10.9 Å². The first-order valence-corrected chi connectivity index (χ1v) is 7.58. The Morgan fingerprint density at radius 3 is 2.62 bits per heavy atom. The Kier molecular flexibility index (Phi) is 4.29. The van der Waals surface area contributed by atoms with E-state index in [2.05, 4.69) is 0 Å². The summed E-state index contributed by atoms with van der Waals surface area (Å²) in [5.74, 6) is -0.477. The molecule has 0 aliphatic carbocycles. The molecule has 6 nitrogen and oxygen atoms in total. The third-order valence-corrected chi connectivity index (χ3v) is 3.77. The van der Waals surface area contributed by atoms with E-state index in [0.717, 1.165) is 11.1 Å². The number of esters is 1. The minimum atomic E-state index is -0.477. The second-order valence-electron chi connectivity index (χ2n) is 5.34. The van der Waals surface area contributed by atoms with E-state index in [-0.39, 0.29) is 12.3 Å². The molecule has 2 aromatic carbocycles. The Hall–Kier alpha value is -3.15. The van der Waals surface area contributed by atoms with Crippen LogP contribution in [-0.4, -0.2) is 22.1 Å². The molecule has 0 spiro atoms. The first-order valence-electron chi connectivity index (χ1n) is 7.58. The Morgan fingerprint density at radius 2 is 1.96 bits per heavy atom. The van der Waals surface area contributed by atoms with Gasteiger partial charge in [0, 0.05) is 35.8 Å². The van der Waals surface area contributed by atoms with Gasteiger partial charge in [-0.25, -0.2) is 4.79 Å². The number of aromatic nitrogens is 1. The average Bonchev–Trinajstić information content (AvgIpc) is 2.94. The Morgan fingerprint density at radius 1 is 1.21 bits per heavy atom. The predicted molar refractivity (Wildman–Crippen MR) is 90.1 cm³/mol. The van der Waals surface area contributed by atoms with E-state index >= 15 is 0 Å². The molecule has 0 radical (unpaired) electrons. The lowest BCUT2D eigenvalue weighted by atomic mass is 10.1. The molecular weight excluding hydrogens is 308 g/mol. The van der Waals surface area contributed by atoms with Gasteiger partial charge in [0.2, 0.25) is 0 Å². The van der Waals surface area contributed by atoms with Crippen molar-refractivity contribution in [3.05, 3.63) is 76.0 Å². The molecule has 122 valence electrons. The van der Waals surface area contributed by atoms with E-state index in [1.54, 1.807) is 19.2 Å². The van der Waals surface area contributed by atoms with Gasteiger partial charge in [-0.05, 0) is 18.6 Å². The summed E-state index contributed by atoms with van der Waals surface area (Å²) in [4.78, 5) is 22.8. The van der Waals surface area contributed by atoms with Gasteiger partial charge in [0.1, 0.15) is 0 Å². The fraction of sp³-hybridized carbons (Fsp3) is 0.167. The summed E-state index contributed by atoms with van der Waals surface area (Å²) in [5.41, 5.74) is 2.12. The van der Waals surface area contributed by atoms with Gasteiger partial charge < -0.3 is 9.30 Å². The summed E-state index contributed by atoms with van der Waals surface area (Å²) in [5, 5.41) is 11.6. The smallest absolute Gasteiger partial charge is 0.340 e. The van der Waals surface area contributed by atoms with Crippen LogP contribution in [-0.2, 0) is 11.3 Å². The summed E-state index contributed by atoms with van der Waals surface area (Å²) in [6.07, 6.45) is 1.69. The topological polar surface area (TPSA) is 74.4 Å². The zero-order valence-electron chi connectivity index (χ0n) is 13.1. The third-order valence-electron chi connectivity index (χ3n) is 3.77. The number of fused-ring (bicyclic) bond motifs is 1. The number of rotatable bonds is 5. The molecule has 3 rings (SSSR count). The standard InChI is InChI=1S/C18H16N2O4/c1-2-24-18(21)16-12-19(11-13-6-4-3-5-7-13)17-9-8-14(20(22)23)10-15(16)17/h3-10,12H,2,11H2,1H3. The van der Waals surface area contributed by atoms with Gasteiger partial charge in [-0.2, -0.15) is 0 Å². The van der Waals surface area contributed by atoms with Gasteiger partial charge in [-0.15, -0.1) is 0 Å². The second-order valence-corrected chi connectivity index (χ2v) is 5.34. The molecule has 24 heavy (non-hydrogen) atoms. The summed E-state index contributed by atoms with van der Waals surface area (Å²) in [6, 6.07) is 14.3. The van der Waals surface area contributed by atoms with Crippen molar-refractivity contribution in [2.75, 3.05) is 6.61 Å². The number of benzene rings is 2. The summed E-state index contributed by atoms with van der Waals surface area (Å²) in [6.45, 7) is 2.54. The lowest BCUT2D eigenvalue weighted by molar-refractivity contribution is -0.384. The van der Waals surface area contributed by atoms with E-state index in [0.29, 0.717) is 17.5 Å². The third kappa shape index (κ3) is 2.99. The average molecular weight is 324 g/mol. The summed E-state index contributed by atoms with van der Waals surface area (Å²) >= 11 is 0. The number of carbonyl (C=O) groups excluding carboxylic acids is 1. The molecule has 0 amide bonds. The van der Waals surface area contributed by atoms with Gasteiger partial charge >= 0.3 is 5.97 Å². The molecule has 1 aromatic heterocycles. The van der Waals surface area contributed by atoms with Crippen LogP contribution in [0.25, 0.3) is 10.9 Å². The van der Waals surface area contributed by atoms with Crippen LogP contribution in [0.3, 0.4) is 0 Å². The number of hydrogen-bond donors (Lipinski definition) is 0. The van der Waals surface area contributed by atoms with E-state index in [4.69, 9.17) is 4.74 Å². The zero-order valence-corrected chi connectivity index (χ0v) is 13.1. The monoisotopic (exact) mass is 324 g/mol. The molecule has 0 N–H and O–H groups in total. The Labute approximate surface area is 138 Å². The van der Waals surface area contributed by atoms with Crippen molar-refractivity contribution in [3.8, 4) is 0 Å². The fourth-order valence-electron chi connectivity index (χ4n) is 2.68. The maximum atomic E-state index is 12.2. The molecule has 6 heteroatoms. The molecule has 1 heterocycles. The van der Waals surface area contributed by atoms with E-state index in [1.165, 1.54) is 12.1 Å². The largest absolute Gasteiger partial charge is 0.462 e. The highest BCUT2D eigenvalue weighted by Gasteiger charge is 2.19. The first-order chi connectivity index (χ1) is 11.6. The number of ether oxygens (including phenoxy) is 1. The number of hydrogen-bond acceptors (Lipinski definition) is 4. The number of nitrogens with zero attached hydrogens (tertiary/aromatic N) is 2. The normalized spacial score (nSPS) is 10.7. The molecule has 0 unspecified atom stereocenters. The Bertz CT molecular complexity index is 900. The predicted octanol–water partition coefficient (Wildman–Crippen LogP) is 3.77. The van der Waals surface area contributed by atoms with Crippen molar-refractivity contribution >= 4 is 22.6 Å². The maximum absolute atomic E-state index is 12.2. The van der Waals surface area contributed by atoms with E-state index in [1.807, 2.05) is 34.9 Å². The van der Waals surface area contributed by atoms with Crippen molar-refractivity contribution in [2.24, 2.45) is 0 Å².